The zero-order valence-corrected chi connectivity index (χ0v) is 16.6. The Morgan fingerprint density at radius 3 is 2.29 bits per heavy atom. The first-order valence-electron chi connectivity index (χ1n) is 9.14. The third kappa shape index (κ3) is 4.80. The van der Waals surface area contributed by atoms with Gasteiger partial charge in [-0.1, -0.05) is 80.1 Å². The van der Waals surface area contributed by atoms with E-state index >= 15 is 0 Å². The molecule has 2 N–H and O–H groups in total. The van der Waals surface area contributed by atoms with Crippen LogP contribution in [0.2, 0.25) is 0 Å². The minimum Gasteiger partial charge on any atom is -0.340 e. The summed E-state index contributed by atoms with van der Waals surface area (Å²) in [5.41, 5.74) is 1.46. The molecule has 1 heterocycles. The first-order chi connectivity index (χ1) is 13.6. The average molecular weight is 395 g/mol. The molecule has 0 fully saturated rings. The lowest BCUT2D eigenvalue weighted by Crippen LogP contribution is -2.47. The molecule has 0 aliphatic heterocycles. The van der Waals surface area contributed by atoms with E-state index < -0.39 is 6.04 Å². The Labute approximate surface area is 168 Å². The van der Waals surface area contributed by atoms with E-state index in [9.17, 15) is 9.59 Å². The Balaban J connectivity index is 1.72. The minimum atomic E-state index is -0.665. The van der Waals surface area contributed by atoms with Crippen molar-refractivity contribution in [2.75, 3.05) is 5.32 Å². The van der Waals surface area contributed by atoms with E-state index in [1.807, 2.05) is 50.2 Å². The maximum Gasteiger partial charge on any atom is 0.251 e. The third-order valence-corrected chi connectivity index (χ3v) is 5.38. The van der Waals surface area contributed by atoms with Crippen molar-refractivity contribution < 1.29 is 9.59 Å². The van der Waals surface area contributed by atoms with Gasteiger partial charge in [0.1, 0.15) is 11.0 Å². The van der Waals surface area contributed by atoms with Crippen LogP contribution in [0.3, 0.4) is 0 Å². The van der Waals surface area contributed by atoms with Gasteiger partial charge in [-0.05, 0) is 18.1 Å². The van der Waals surface area contributed by atoms with Gasteiger partial charge in [0.15, 0.2) is 0 Å². The Morgan fingerprint density at radius 2 is 1.64 bits per heavy atom. The zero-order valence-electron chi connectivity index (χ0n) is 15.8. The molecule has 1 aromatic heterocycles. The quantitative estimate of drug-likeness (QED) is 0.635. The summed E-state index contributed by atoms with van der Waals surface area (Å²) < 4.78 is 0. The highest BCUT2D eigenvalue weighted by Crippen LogP contribution is 2.26. The van der Waals surface area contributed by atoms with Crippen molar-refractivity contribution in [1.82, 2.24) is 15.5 Å². The van der Waals surface area contributed by atoms with Gasteiger partial charge < -0.3 is 5.32 Å². The summed E-state index contributed by atoms with van der Waals surface area (Å²) in [5.74, 6) is -0.605. The second-order valence-electron chi connectivity index (χ2n) is 6.47. The highest BCUT2D eigenvalue weighted by molar-refractivity contribution is 7.18. The fourth-order valence-electron chi connectivity index (χ4n) is 2.67. The molecule has 6 nitrogen and oxygen atoms in total. The lowest BCUT2D eigenvalue weighted by Gasteiger charge is -2.23. The summed E-state index contributed by atoms with van der Waals surface area (Å²) in [6.45, 7) is 3.92. The summed E-state index contributed by atoms with van der Waals surface area (Å²) in [6.07, 6.45) is 0.749. The van der Waals surface area contributed by atoms with Crippen molar-refractivity contribution in [2.45, 2.75) is 26.3 Å². The van der Waals surface area contributed by atoms with Crippen LogP contribution in [-0.4, -0.2) is 28.1 Å². The monoisotopic (exact) mass is 394 g/mol. The molecule has 0 saturated heterocycles. The van der Waals surface area contributed by atoms with Crippen molar-refractivity contribution in [3.05, 3.63) is 66.2 Å². The van der Waals surface area contributed by atoms with Crippen LogP contribution in [0.25, 0.3) is 10.6 Å². The predicted octanol–water partition coefficient (Wildman–Crippen LogP) is 3.99. The molecule has 0 radical (unpaired) electrons. The average Bonchev–Trinajstić information content (AvgIpc) is 3.21. The lowest BCUT2D eigenvalue weighted by atomic mass is 9.98. The normalized spacial score (nSPS) is 12.8. The highest BCUT2D eigenvalue weighted by Gasteiger charge is 2.27. The number of hydrogen-bond donors (Lipinski definition) is 2. The lowest BCUT2D eigenvalue weighted by molar-refractivity contribution is -0.119. The van der Waals surface area contributed by atoms with Gasteiger partial charge >= 0.3 is 0 Å². The Kier molecular flexibility index (Phi) is 6.49. The van der Waals surface area contributed by atoms with Crippen molar-refractivity contribution >= 4 is 28.3 Å². The van der Waals surface area contributed by atoms with Gasteiger partial charge in [0.05, 0.1) is 0 Å². The molecule has 144 valence electrons. The Morgan fingerprint density at radius 1 is 1.00 bits per heavy atom. The fourth-order valence-corrected chi connectivity index (χ4v) is 3.42. The smallest absolute Gasteiger partial charge is 0.251 e. The van der Waals surface area contributed by atoms with E-state index in [0.717, 1.165) is 17.0 Å². The molecule has 3 rings (SSSR count). The van der Waals surface area contributed by atoms with Crippen molar-refractivity contribution in [3.8, 4) is 10.6 Å². The van der Waals surface area contributed by atoms with Crippen LogP contribution in [0, 0.1) is 5.92 Å². The molecule has 2 aromatic carbocycles. The first-order valence-corrected chi connectivity index (χ1v) is 9.95. The van der Waals surface area contributed by atoms with Gasteiger partial charge in [-0.15, -0.1) is 10.2 Å². The van der Waals surface area contributed by atoms with Crippen LogP contribution >= 0.6 is 11.3 Å². The molecule has 0 spiro atoms. The molecule has 0 aliphatic carbocycles. The second-order valence-corrected chi connectivity index (χ2v) is 7.45. The van der Waals surface area contributed by atoms with Crippen molar-refractivity contribution in [2.24, 2.45) is 5.92 Å². The topological polar surface area (TPSA) is 84.0 Å². The number of amides is 2. The van der Waals surface area contributed by atoms with Crippen LogP contribution in [0.4, 0.5) is 5.13 Å². The minimum absolute atomic E-state index is 0.0332. The van der Waals surface area contributed by atoms with Crippen LogP contribution in [0.5, 0.6) is 0 Å². The molecule has 0 saturated carbocycles. The maximum atomic E-state index is 12.8. The molecule has 7 heteroatoms. The van der Waals surface area contributed by atoms with Crippen molar-refractivity contribution in [3.63, 3.8) is 0 Å². The van der Waals surface area contributed by atoms with Gasteiger partial charge in [-0.3, -0.25) is 14.9 Å². The van der Waals surface area contributed by atoms with Crippen LogP contribution in [0.1, 0.15) is 30.6 Å². The largest absolute Gasteiger partial charge is 0.340 e. The number of aromatic nitrogens is 2. The fraction of sp³-hybridized carbons (Fsp3) is 0.238. The molecule has 0 aliphatic rings. The first kappa shape index (κ1) is 19.7. The molecule has 28 heavy (non-hydrogen) atoms. The van der Waals surface area contributed by atoms with E-state index in [4.69, 9.17) is 0 Å². The van der Waals surface area contributed by atoms with Crippen LogP contribution in [0.15, 0.2) is 60.7 Å². The maximum absolute atomic E-state index is 12.8. The SMILES string of the molecule is CCC(C)C(NC(=O)c1ccccc1)C(=O)Nc1nnc(-c2ccccc2)s1. The molecule has 2 atom stereocenters. The summed E-state index contributed by atoms with van der Waals surface area (Å²) in [4.78, 5) is 25.3. The summed E-state index contributed by atoms with van der Waals surface area (Å²) >= 11 is 1.30. The van der Waals surface area contributed by atoms with E-state index in [1.165, 1.54) is 11.3 Å². The Bertz CT molecular complexity index is 928. The molecular formula is C21H22N4O2S. The number of nitrogens with one attached hydrogen (secondary N) is 2. The zero-order chi connectivity index (χ0) is 19.9. The molecule has 3 aromatic rings. The number of hydrogen-bond acceptors (Lipinski definition) is 5. The molecular weight excluding hydrogens is 372 g/mol. The van der Waals surface area contributed by atoms with Crippen LogP contribution < -0.4 is 10.6 Å². The van der Waals surface area contributed by atoms with E-state index in [-0.39, 0.29) is 17.7 Å². The van der Waals surface area contributed by atoms with E-state index in [1.54, 1.807) is 24.3 Å². The standard InChI is InChI=1S/C21H22N4O2S/c1-3-14(2)17(22-18(26)15-10-6-4-7-11-15)19(27)23-21-25-24-20(28-21)16-12-8-5-9-13-16/h4-14,17H,3H2,1-2H3,(H,22,26)(H,23,25,27). The van der Waals surface area contributed by atoms with Gasteiger partial charge in [-0.2, -0.15) is 0 Å². The molecule has 2 amide bonds. The Hall–Kier alpha value is -3.06. The summed E-state index contributed by atoms with van der Waals surface area (Å²) in [6, 6.07) is 17.9. The van der Waals surface area contributed by atoms with Gasteiger partial charge in [0.25, 0.3) is 5.91 Å². The summed E-state index contributed by atoms with van der Waals surface area (Å²) in [5, 5.41) is 15.0. The summed E-state index contributed by atoms with van der Waals surface area (Å²) in [7, 11) is 0. The number of benzene rings is 2. The van der Waals surface area contributed by atoms with Gasteiger partial charge in [0.2, 0.25) is 11.0 Å². The number of rotatable bonds is 7. The van der Waals surface area contributed by atoms with Crippen molar-refractivity contribution in [1.29, 1.82) is 0 Å². The number of carbonyl (C=O) groups excluding carboxylic acids is 2. The number of nitrogens with zero attached hydrogens (tertiary/aromatic N) is 2. The van der Waals surface area contributed by atoms with E-state index in [2.05, 4.69) is 20.8 Å². The molecule has 2 unspecified atom stereocenters. The van der Waals surface area contributed by atoms with E-state index in [0.29, 0.717) is 10.7 Å². The predicted molar refractivity (Wildman–Crippen MR) is 111 cm³/mol. The van der Waals surface area contributed by atoms with Gasteiger partial charge in [-0.25, -0.2) is 0 Å². The second kappa shape index (κ2) is 9.23. The number of anilines is 1. The highest BCUT2D eigenvalue weighted by atomic mass is 32.1. The van der Waals surface area contributed by atoms with Crippen LogP contribution in [-0.2, 0) is 4.79 Å². The number of carbonyl (C=O) groups is 2. The molecule has 0 bridgehead atoms. The third-order valence-electron chi connectivity index (χ3n) is 4.49. The van der Waals surface area contributed by atoms with Gasteiger partial charge in [0, 0.05) is 11.1 Å².